The van der Waals surface area contributed by atoms with E-state index in [4.69, 9.17) is 14.5 Å². The Morgan fingerprint density at radius 3 is 2.62 bits per heavy atom. The van der Waals surface area contributed by atoms with Crippen LogP contribution in [0.3, 0.4) is 0 Å². The average Bonchev–Trinajstić information content (AvgIpc) is 3.16. The standard InChI is InChI=1S/C18H21N5O2S/c1-19-16-9-17(22-11-21-16)20-7-6-13-10-26-18(23-13)12-4-5-14(24-2)15(8-12)25-3/h4-5,8-11H,6-7H2,1-3H3,(H2,19,20,21,22). The van der Waals surface area contributed by atoms with Crippen molar-refractivity contribution in [1.29, 1.82) is 0 Å². The molecule has 0 saturated heterocycles. The predicted octanol–water partition coefficient (Wildman–Crippen LogP) is 3.31. The minimum absolute atomic E-state index is 0.701. The maximum Gasteiger partial charge on any atom is 0.161 e. The van der Waals surface area contributed by atoms with Gasteiger partial charge in [0.1, 0.15) is 23.0 Å². The molecule has 136 valence electrons. The first-order valence-corrected chi connectivity index (χ1v) is 9.02. The topological polar surface area (TPSA) is 81.2 Å². The lowest BCUT2D eigenvalue weighted by Gasteiger charge is -2.08. The highest BCUT2D eigenvalue weighted by Crippen LogP contribution is 2.33. The van der Waals surface area contributed by atoms with Gasteiger partial charge in [-0.1, -0.05) is 0 Å². The molecule has 0 unspecified atom stereocenters. The molecule has 2 N–H and O–H groups in total. The predicted molar refractivity (Wildman–Crippen MR) is 104 cm³/mol. The summed E-state index contributed by atoms with van der Waals surface area (Å²) in [5.41, 5.74) is 2.05. The van der Waals surface area contributed by atoms with Crippen LogP contribution in [0.5, 0.6) is 11.5 Å². The van der Waals surface area contributed by atoms with Gasteiger partial charge in [0.15, 0.2) is 11.5 Å². The number of benzene rings is 1. The van der Waals surface area contributed by atoms with Crippen LogP contribution in [0, 0.1) is 0 Å². The molecular formula is C18H21N5O2S. The number of aromatic nitrogens is 3. The van der Waals surface area contributed by atoms with E-state index in [0.29, 0.717) is 11.5 Å². The molecule has 3 aromatic rings. The minimum Gasteiger partial charge on any atom is -0.493 e. The number of nitrogens with zero attached hydrogens (tertiary/aromatic N) is 3. The number of ether oxygens (including phenoxy) is 2. The fourth-order valence-corrected chi connectivity index (χ4v) is 3.28. The van der Waals surface area contributed by atoms with Crippen molar-refractivity contribution in [3.8, 4) is 22.1 Å². The van der Waals surface area contributed by atoms with E-state index in [-0.39, 0.29) is 0 Å². The Hall–Kier alpha value is -2.87. The lowest BCUT2D eigenvalue weighted by atomic mass is 10.2. The Balaban J connectivity index is 1.63. The Morgan fingerprint density at radius 1 is 1.04 bits per heavy atom. The molecule has 0 amide bonds. The maximum absolute atomic E-state index is 5.36. The van der Waals surface area contributed by atoms with Crippen molar-refractivity contribution in [3.63, 3.8) is 0 Å². The van der Waals surface area contributed by atoms with E-state index in [0.717, 1.165) is 40.9 Å². The molecule has 0 spiro atoms. The number of rotatable bonds is 8. The van der Waals surface area contributed by atoms with Crippen molar-refractivity contribution in [1.82, 2.24) is 15.0 Å². The number of methoxy groups -OCH3 is 2. The van der Waals surface area contributed by atoms with Crippen LogP contribution >= 0.6 is 11.3 Å². The van der Waals surface area contributed by atoms with E-state index in [1.807, 2.05) is 31.3 Å². The lowest BCUT2D eigenvalue weighted by molar-refractivity contribution is 0.355. The summed E-state index contributed by atoms with van der Waals surface area (Å²) in [4.78, 5) is 13.0. The molecule has 0 radical (unpaired) electrons. The normalized spacial score (nSPS) is 10.4. The third-order valence-electron chi connectivity index (χ3n) is 3.79. The number of nitrogens with one attached hydrogen (secondary N) is 2. The first kappa shape index (κ1) is 17.9. The van der Waals surface area contributed by atoms with Gasteiger partial charge in [0.25, 0.3) is 0 Å². The molecule has 0 fully saturated rings. The van der Waals surface area contributed by atoms with Gasteiger partial charge in [-0.2, -0.15) is 0 Å². The third kappa shape index (κ3) is 4.20. The number of hydrogen-bond acceptors (Lipinski definition) is 8. The van der Waals surface area contributed by atoms with Crippen LogP contribution in [-0.4, -0.2) is 42.8 Å². The Kier molecular flexibility index (Phi) is 5.85. The second-order valence-corrected chi connectivity index (χ2v) is 6.29. The van der Waals surface area contributed by atoms with E-state index in [2.05, 4.69) is 26.0 Å². The highest BCUT2D eigenvalue weighted by molar-refractivity contribution is 7.13. The highest BCUT2D eigenvalue weighted by atomic mass is 32.1. The summed E-state index contributed by atoms with van der Waals surface area (Å²) in [5, 5.41) is 9.32. The maximum atomic E-state index is 5.36. The van der Waals surface area contributed by atoms with Gasteiger partial charge in [-0.05, 0) is 18.2 Å². The molecule has 0 saturated carbocycles. The zero-order valence-corrected chi connectivity index (χ0v) is 15.8. The molecule has 3 rings (SSSR count). The van der Waals surface area contributed by atoms with E-state index < -0.39 is 0 Å². The quantitative estimate of drug-likeness (QED) is 0.629. The van der Waals surface area contributed by atoms with E-state index in [9.17, 15) is 0 Å². The fraction of sp³-hybridized carbons (Fsp3) is 0.278. The van der Waals surface area contributed by atoms with Crippen LogP contribution in [0.2, 0.25) is 0 Å². The Morgan fingerprint density at radius 2 is 1.85 bits per heavy atom. The van der Waals surface area contributed by atoms with Gasteiger partial charge in [0.2, 0.25) is 0 Å². The summed E-state index contributed by atoms with van der Waals surface area (Å²) >= 11 is 1.62. The molecule has 0 atom stereocenters. The van der Waals surface area contributed by atoms with Gasteiger partial charge in [-0.15, -0.1) is 11.3 Å². The highest BCUT2D eigenvalue weighted by Gasteiger charge is 2.09. The molecule has 26 heavy (non-hydrogen) atoms. The summed E-state index contributed by atoms with van der Waals surface area (Å²) in [5.74, 6) is 2.99. The molecule has 0 bridgehead atoms. The first-order chi connectivity index (χ1) is 12.7. The average molecular weight is 371 g/mol. The van der Waals surface area contributed by atoms with Crippen LogP contribution in [0.15, 0.2) is 36.0 Å². The van der Waals surface area contributed by atoms with E-state index in [1.54, 1.807) is 25.6 Å². The summed E-state index contributed by atoms with van der Waals surface area (Å²) in [7, 11) is 5.09. The van der Waals surface area contributed by atoms with Crippen LogP contribution in [0.4, 0.5) is 11.6 Å². The molecule has 2 heterocycles. The van der Waals surface area contributed by atoms with Gasteiger partial charge in [0.05, 0.1) is 19.9 Å². The number of hydrogen-bond donors (Lipinski definition) is 2. The summed E-state index contributed by atoms with van der Waals surface area (Å²) < 4.78 is 10.6. The van der Waals surface area contributed by atoms with Crippen LogP contribution in [0.25, 0.3) is 10.6 Å². The minimum atomic E-state index is 0.701. The second-order valence-electron chi connectivity index (χ2n) is 5.43. The molecule has 1 aromatic carbocycles. The van der Waals surface area contributed by atoms with Crippen LogP contribution < -0.4 is 20.1 Å². The molecule has 8 heteroatoms. The largest absolute Gasteiger partial charge is 0.493 e. The van der Waals surface area contributed by atoms with Crippen molar-refractivity contribution in [3.05, 3.63) is 41.7 Å². The van der Waals surface area contributed by atoms with Gasteiger partial charge >= 0.3 is 0 Å². The Bertz CT molecular complexity index is 868. The van der Waals surface area contributed by atoms with Crippen molar-refractivity contribution in [2.24, 2.45) is 0 Å². The SMILES string of the molecule is CNc1cc(NCCc2csc(-c3ccc(OC)c(OC)c3)n2)ncn1. The van der Waals surface area contributed by atoms with Crippen molar-refractivity contribution >= 4 is 23.0 Å². The molecular weight excluding hydrogens is 350 g/mol. The lowest BCUT2D eigenvalue weighted by Crippen LogP contribution is -2.07. The second kappa shape index (κ2) is 8.48. The fourth-order valence-electron chi connectivity index (χ4n) is 2.43. The van der Waals surface area contributed by atoms with Gasteiger partial charge < -0.3 is 20.1 Å². The van der Waals surface area contributed by atoms with Crippen molar-refractivity contribution in [2.45, 2.75) is 6.42 Å². The molecule has 2 aromatic heterocycles. The molecule has 0 aliphatic rings. The summed E-state index contributed by atoms with van der Waals surface area (Å²) in [6.45, 7) is 0.745. The van der Waals surface area contributed by atoms with Gasteiger partial charge in [0, 0.05) is 37.0 Å². The summed E-state index contributed by atoms with van der Waals surface area (Å²) in [6, 6.07) is 7.70. The van der Waals surface area contributed by atoms with E-state index >= 15 is 0 Å². The molecule has 0 aliphatic carbocycles. The monoisotopic (exact) mass is 371 g/mol. The third-order valence-corrected chi connectivity index (χ3v) is 4.73. The van der Waals surface area contributed by atoms with Gasteiger partial charge in [-0.25, -0.2) is 15.0 Å². The first-order valence-electron chi connectivity index (χ1n) is 8.14. The zero-order valence-electron chi connectivity index (χ0n) is 14.9. The van der Waals surface area contributed by atoms with Crippen molar-refractivity contribution < 1.29 is 9.47 Å². The smallest absolute Gasteiger partial charge is 0.161 e. The summed E-state index contributed by atoms with van der Waals surface area (Å²) in [6.07, 6.45) is 2.34. The zero-order chi connectivity index (χ0) is 18.4. The van der Waals surface area contributed by atoms with Gasteiger partial charge in [-0.3, -0.25) is 0 Å². The molecule has 7 nitrogen and oxygen atoms in total. The van der Waals surface area contributed by atoms with E-state index in [1.165, 1.54) is 6.33 Å². The molecule has 0 aliphatic heterocycles. The number of thiazole rings is 1. The van der Waals surface area contributed by atoms with Crippen LogP contribution in [0.1, 0.15) is 5.69 Å². The Labute approximate surface area is 156 Å². The number of anilines is 2. The van der Waals surface area contributed by atoms with Crippen LogP contribution in [-0.2, 0) is 6.42 Å². The van der Waals surface area contributed by atoms with Crippen molar-refractivity contribution in [2.75, 3.05) is 38.4 Å².